The fraction of sp³-hybridized carbons (Fsp3) is 0.833. The van der Waals surface area contributed by atoms with Crippen LogP contribution in [0.5, 0.6) is 0 Å². The van der Waals surface area contributed by atoms with Crippen molar-refractivity contribution in [2.45, 2.75) is 39.5 Å². The highest BCUT2D eigenvalue weighted by molar-refractivity contribution is 5.75. The molecule has 1 aliphatic carbocycles. The summed E-state index contributed by atoms with van der Waals surface area (Å²) in [6, 6.07) is -0.263. The van der Waals surface area contributed by atoms with Crippen molar-refractivity contribution in [2.24, 2.45) is 11.3 Å². The first-order valence-electron chi connectivity index (χ1n) is 6.17. The molecule has 0 aromatic carbocycles. The molecule has 0 aliphatic heterocycles. The molecule has 0 spiro atoms. The first-order valence-corrected chi connectivity index (χ1v) is 6.17. The van der Waals surface area contributed by atoms with Crippen molar-refractivity contribution < 1.29 is 14.7 Å². The lowest BCUT2D eigenvalue weighted by Gasteiger charge is -2.18. The summed E-state index contributed by atoms with van der Waals surface area (Å²) in [7, 11) is 0. The van der Waals surface area contributed by atoms with Crippen LogP contribution in [0.2, 0.25) is 0 Å². The maximum atomic E-state index is 11.4. The molecule has 0 saturated heterocycles. The van der Waals surface area contributed by atoms with E-state index in [0.29, 0.717) is 17.9 Å². The van der Waals surface area contributed by atoms with Crippen molar-refractivity contribution in [1.82, 2.24) is 10.6 Å². The minimum Gasteiger partial charge on any atom is -0.481 e. The zero-order chi connectivity index (χ0) is 12.9. The quantitative estimate of drug-likeness (QED) is 0.634. The van der Waals surface area contributed by atoms with E-state index < -0.39 is 5.97 Å². The van der Waals surface area contributed by atoms with Gasteiger partial charge in [0, 0.05) is 13.1 Å². The third-order valence-electron chi connectivity index (χ3n) is 3.05. The molecule has 1 fully saturated rings. The molecule has 0 unspecified atom stereocenters. The summed E-state index contributed by atoms with van der Waals surface area (Å²) in [5.74, 6) is -0.252. The van der Waals surface area contributed by atoms with Gasteiger partial charge in [0.25, 0.3) is 0 Å². The minimum atomic E-state index is -0.899. The van der Waals surface area contributed by atoms with Crippen LogP contribution >= 0.6 is 0 Å². The predicted octanol–water partition coefficient (Wildman–Crippen LogP) is 1.59. The van der Waals surface area contributed by atoms with Crippen LogP contribution in [0.25, 0.3) is 0 Å². The van der Waals surface area contributed by atoms with Gasteiger partial charge >= 0.3 is 12.0 Å². The average molecular weight is 242 g/mol. The number of carboxylic acid groups (broad SMARTS) is 1. The summed E-state index contributed by atoms with van der Waals surface area (Å²) < 4.78 is 0. The molecule has 2 amide bonds. The number of nitrogens with one attached hydrogen (secondary N) is 2. The van der Waals surface area contributed by atoms with E-state index in [0.717, 1.165) is 6.42 Å². The van der Waals surface area contributed by atoms with Gasteiger partial charge in [0.15, 0.2) is 0 Å². The fourth-order valence-corrected chi connectivity index (χ4v) is 2.11. The first kappa shape index (κ1) is 13.8. The van der Waals surface area contributed by atoms with Gasteiger partial charge < -0.3 is 15.7 Å². The smallest absolute Gasteiger partial charge is 0.314 e. The van der Waals surface area contributed by atoms with Gasteiger partial charge in [-0.1, -0.05) is 13.8 Å². The van der Waals surface area contributed by atoms with Crippen LogP contribution in [0.15, 0.2) is 0 Å². The molecule has 1 aliphatic rings. The number of carboxylic acids is 1. The Hall–Kier alpha value is -1.26. The molecule has 0 aromatic rings. The van der Waals surface area contributed by atoms with E-state index in [1.807, 2.05) is 0 Å². The maximum Gasteiger partial charge on any atom is 0.314 e. The number of hydrogen-bond donors (Lipinski definition) is 3. The number of carbonyl (C=O) groups is 2. The summed E-state index contributed by atoms with van der Waals surface area (Å²) in [5, 5.41) is 13.8. The lowest BCUT2D eigenvalue weighted by Crippen LogP contribution is -2.39. The summed E-state index contributed by atoms with van der Waals surface area (Å²) >= 11 is 0. The maximum absolute atomic E-state index is 11.4. The van der Waals surface area contributed by atoms with Crippen molar-refractivity contribution >= 4 is 12.0 Å². The van der Waals surface area contributed by atoms with E-state index >= 15 is 0 Å². The molecular weight excluding hydrogens is 220 g/mol. The van der Waals surface area contributed by atoms with E-state index in [9.17, 15) is 9.59 Å². The molecule has 1 saturated carbocycles. The molecule has 0 aromatic heterocycles. The second-order valence-corrected chi connectivity index (χ2v) is 5.35. The molecule has 5 heteroatoms. The number of urea groups is 1. The van der Waals surface area contributed by atoms with Crippen LogP contribution in [0.1, 0.15) is 39.5 Å². The van der Waals surface area contributed by atoms with Gasteiger partial charge in [-0.2, -0.15) is 0 Å². The molecule has 0 radical (unpaired) electrons. The van der Waals surface area contributed by atoms with Crippen molar-refractivity contribution in [3.63, 3.8) is 0 Å². The van der Waals surface area contributed by atoms with E-state index in [4.69, 9.17) is 5.11 Å². The van der Waals surface area contributed by atoms with E-state index in [1.54, 1.807) is 0 Å². The van der Waals surface area contributed by atoms with Gasteiger partial charge in [0.05, 0.1) is 6.42 Å². The average Bonchev–Trinajstić information content (AvgIpc) is 2.94. The molecular formula is C12H22N2O3. The lowest BCUT2D eigenvalue weighted by molar-refractivity contribution is -0.136. The lowest BCUT2D eigenvalue weighted by atomic mass is 9.94. The van der Waals surface area contributed by atoms with Crippen LogP contribution in [-0.4, -0.2) is 30.2 Å². The highest BCUT2D eigenvalue weighted by atomic mass is 16.4. The van der Waals surface area contributed by atoms with Crippen LogP contribution in [0.3, 0.4) is 0 Å². The van der Waals surface area contributed by atoms with Crippen molar-refractivity contribution in [1.29, 1.82) is 0 Å². The number of amides is 2. The Bertz CT molecular complexity index is 285. The van der Waals surface area contributed by atoms with Gasteiger partial charge in [-0.3, -0.25) is 4.79 Å². The normalized spacial score (nSPS) is 16.6. The van der Waals surface area contributed by atoms with E-state index in [-0.39, 0.29) is 19.0 Å². The van der Waals surface area contributed by atoms with Crippen LogP contribution < -0.4 is 10.6 Å². The first-order chi connectivity index (χ1) is 7.93. The Labute approximate surface area is 102 Å². The summed E-state index contributed by atoms with van der Waals surface area (Å²) in [4.78, 5) is 21.6. The Kier molecular flexibility index (Phi) is 4.78. The summed E-state index contributed by atoms with van der Waals surface area (Å²) in [6.45, 7) is 5.25. The van der Waals surface area contributed by atoms with Crippen molar-refractivity contribution in [3.05, 3.63) is 0 Å². The highest BCUT2D eigenvalue weighted by Crippen LogP contribution is 2.49. The molecule has 1 rings (SSSR count). The molecule has 3 N–H and O–H groups in total. The van der Waals surface area contributed by atoms with Crippen LogP contribution in [0.4, 0.5) is 4.79 Å². The van der Waals surface area contributed by atoms with Gasteiger partial charge in [0.1, 0.15) is 0 Å². The van der Waals surface area contributed by atoms with Gasteiger partial charge in [-0.15, -0.1) is 0 Å². The van der Waals surface area contributed by atoms with E-state index in [2.05, 4.69) is 24.5 Å². The number of hydrogen-bond acceptors (Lipinski definition) is 2. The minimum absolute atomic E-state index is 0.0371. The van der Waals surface area contributed by atoms with Gasteiger partial charge in [-0.25, -0.2) is 4.79 Å². The third kappa shape index (κ3) is 5.56. The van der Waals surface area contributed by atoms with Crippen molar-refractivity contribution in [3.8, 4) is 0 Å². The van der Waals surface area contributed by atoms with Crippen LogP contribution in [-0.2, 0) is 4.79 Å². The van der Waals surface area contributed by atoms with Crippen molar-refractivity contribution in [2.75, 3.05) is 13.1 Å². The zero-order valence-electron chi connectivity index (χ0n) is 10.6. The Balaban J connectivity index is 2.13. The molecule has 5 nitrogen and oxygen atoms in total. The molecule has 0 heterocycles. The topological polar surface area (TPSA) is 78.4 Å². The highest BCUT2D eigenvalue weighted by Gasteiger charge is 2.42. The second-order valence-electron chi connectivity index (χ2n) is 5.35. The summed E-state index contributed by atoms with van der Waals surface area (Å²) in [5.41, 5.74) is 0.304. The molecule has 0 atom stereocenters. The largest absolute Gasteiger partial charge is 0.481 e. The third-order valence-corrected chi connectivity index (χ3v) is 3.05. The fourth-order valence-electron chi connectivity index (χ4n) is 2.11. The van der Waals surface area contributed by atoms with E-state index in [1.165, 1.54) is 12.8 Å². The molecule has 17 heavy (non-hydrogen) atoms. The number of rotatable bonds is 7. The van der Waals surface area contributed by atoms with Gasteiger partial charge in [-0.05, 0) is 30.6 Å². The standard InChI is InChI=1S/C12H22N2O3/c1-9(2)7-12(4-5-12)8-14-11(17)13-6-3-10(15)16/h9H,3-8H2,1-2H3,(H,15,16)(H2,13,14,17). The summed E-state index contributed by atoms with van der Waals surface area (Å²) in [6.07, 6.45) is 3.47. The SMILES string of the molecule is CC(C)CC1(CNC(=O)NCCC(=O)O)CC1. The monoisotopic (exact) mass is 242 g/mol. The second kappa shape index (κ2) is 5.89. The Morgan fingerprint density at radius 1 is 1.29 bits per heavy atom. The molecule has 98 valence electrons. The predicted molar refractivity (Wildman–Crippen MR) is 64.8 cm³/mol. The van der Waals surface area contributed by atoms with Gasteiger partial charge in [0.2, 0.25) is 0 Å². The molecule has 0 bridgehead atoms. The zero-order valence-corrected chi connectivity index (χ0v) is 10.6. The Morgan fingerprint density at radius 2 is 1.94 bits per heavy atom. The van der Waals surface area contributed by atoms with Crippen LogP contribution in [0, 0.1) is 11.3 Å². The number of aliphatic carboxylic acids is 1. The number of carbonyl (C=O) groups excluding carboxylic acids is 1. The Morgan fingerprint density at radius 3 is 2.41 bits per heavy atom.